The molecule has 1 aliphatic carbocycles. The maximum Gasteiger partial charge on any atom is 0.220 e. The van der Waals surface area contributed by atoms with Crippen molar-refractivity contribution in [1.29, 1.82) is 0 Å². The van der Waals surface area contributed by atoms with Crippen LogP contribution < -0.4 is 5.32 Å². The molecule has 3 unspecified atom stereocenters. The van der Waals surface area contributed by atoms with E-state index in [2.05, 4.69) is 48.9 Å². The van der Waals surface area contributed by atoms with Crippen molar-refractivity contribution in [2.45, 2.75) is 59.4 Å². The number of halogens is 1. The standard InChI is InChI=1S/C14H26BrNO/c1-10(14(2,3)4)8-13(17)16-12-7-5-6-11(12)9-15/h10-12H,5-9H2,1-4H3,(H,16,17). The highest BCUT2D eigenvalue weighted by molar-refractivity contribution is 9.09. The van der Waals surface area contributed by atoms with Gasteiger partial charge in [0.15, 0.2) is 0 Å². The Bertz CT molecular complexity index is 259. The maximum atomic E-state index is 12.0. The largest absolute Gasteiger partial charge is 0.353 e. The van der Waals surface area contributed by atoms with Crippen molar-refractivity contribution in [3.05, 3.63) is 0 Å². The summed E-state index contributed by atoms with van der Waals surface area (Å²) in [7, 11) is 0. The second kappa shape index (κ2) is 6.21. The minimum Gasteiger partial charge on any atom is -0.353 e. The predicted octanol–water partition coefficient (Wildman–Crippen LogP) is 3.74. The van der Waals surface area contributed by atoms with Gasteiger partial charge in [-0.3, -0.25) is 4.79 Å². The van der Waals surface area contributed by atoms with E-state index in [1.807, 2.05) is 0 Å². The van der Waals surface area contributed by atoms with E-state index in [1.54, 1.807) is 0 Å². The first-order chi connectivity index (χ1) is 7.84. The van der Waals surface area contributed by atoms with Crippen molar-refractivity contribution in [1.82, 2.24) is 5.32 Å². The lowest BCUT2D eigenvalue weighted by molar-refractivity contribution is -0.123. The first kappa shape index (κ1) is 15.0. The molecular formula is C14H26BrNO. The molecule has 0 aromatic carbocycles. The molecule has 1 amide bonds. The summed E-state index contributed by atoms with van der Waals surface area (Å²) in [6.45, 7) is 8.75. The minimum absolute atomic E-state index is 0.210. The van der Waals surface area contributed by atoms with Crippen LogP contribution in [0.25, 0.3) is 0 Å². The summed E-state index contributed by atoms with van der Waals surface area (Å²) in [5, 5.41) is 4.22. The zero-order valence-electron chi connectivity index (χ0n) is 11.6. The van der Waals surface area contributed by atoms with Crippen LogP contribution in [0, 0.1) is 17.3 Å². The molecule has 100 valence electrons. The fraction of sp³-hybridized carbons (Fsp3) is 0.929. The molecule has 0 heterocycles. The molecule has 3 heteroatoms. The van der Waals surface area contributed by atoms with Crippen LogP contribution in [0.15, 0.2) is 0 Å². The predicted molar refractivity (Wildman–Crippen MR) is 76.3 cm³/mol. The average Bonchev–Trinajstić information content (AvgIpc) is 2.63. The Kier molecular flexibility index (Phi) is 5.49. The van der Waals surface area contributed by atoms with Gasteiger partial charge in [-0.1, -0.05) is 50.0 Å². The van der Waals surface area contributed by atoms with Gasteiger partial charge in [-0.05, 0) is 30.1 Å². The second-order valence-corrected chi connectivity index (χ2v) is 7.14. The number of hydrogen-bond donors (Lipinski definition) is 1. The Morgan fingerprint density at radius 1 is 1.41 bits per heavy atom. The summed E-state index contributed by atoms with van der Waals surface area (Å²) >= 11 is 3.54. The number of alkyl halides is 1. The first-order valence-electron chi connectivity index (χ1n) is 6.70. The van der Waals surface area contributed by atoms with Gasteiger partial charge in [0.2, 0.25) is 5.91 Å². The van der Waals surface area contributed by atoms with E-state index in [-0.39, 0.29) is 11.3 Å². The molecule has 0 aromatic heterocycles. The van der Waals surface area contributed by atoms with Gasteiger partial charge in [-0.2, -0.15) is 0 Å². The third-order valence-corrected chi connectivity index (χ3v) is 5.01. The van der Waals surface area contributed by atoms with Crippen LogP contribution in [0.3, 0.4) is 0 Å². The zero-order chi connectivity index (χ0) is 13.1. The molecule has 1 aliphatic rings. The Balaban J connectivity index is 2.39. The Labute approximate surface area is 114 Å². The van der Waals surface area contributed by atoms with Crippen molar-refractivity contribution in [2.24, 2.45) is 17.3 Å². The van der Waals surface area contributed by atoms with Gasteiger partial charge in [-0.15, -0.1) is 0 Å². The molecule has 0 radical (unpaired) electrons. The lowest BCUT2D eigenvalue weighted by Gasteiger charge is -2.28. The highest BCUT2D eigenvalue weighted by atomic mass is 79.9. The zero-order valence-corrected chi connectivity index (χ0v) is 13.1. The molecule has 1 fully saturated rings. The fourth-order valence-corrected chi connectivity index (χ4v) is 3.04. The van der Waals surface area contributed by atoms with Gasteiger partial charge in [0.1, 0.15) is 0 Å². The molecule has 0 saturated heterocycles. The van der Waals surface area contributed by atoms with Crippen LogP contribution in [-0.4, -0.2) is 17.3 Å². The molecular weight excluding hydrogens is 278 g/mol. The Morgan fingerprint density at radius 3 is 2.59 bits per heavy atom. The molecule has 1 rings (SSSR count). The second-order valence-electron chi connectivity index (χ2n) is 6.49. The Morgan fingerprint density at radius 2 is 2.06 bits per heavy atom. The lowest BCUT2D eigenvalue weighted by atomic mass is 9.80. The summed E-state index contributed by atoms with van der Waals surface area (Å²) in [6.07, 6.45) is 4.28. The monoisotopic (exact) mass is 303 g/mol. The van der Waals surface area contributed by atoms with Crippen LogP contribution >= 0.6 is 15.9 Å². The quantitative estimate of drug-likeness (QED) is 0.788. The smallest absolute Gasteiger partial charge is 0.220 e. The fourth-order valence-electron chi connectivity index (χ4n) is 2.26. The van der Waals surface area contributed by atoms with Gasteiger partial charge in [-0.25, -0.2) is 0 Å². The van der Waals surface area contributed by atoms with E-state index in [0.29, 0.717) is 24.3 Å². The number of nitrogens with one attached hydrogen (secondary N) is 1. The van der Waals surface area contributed by atoms with Crippen molar-refractivity contribution >= 4 is 21.8 Å². The molecule has 1 N–H and O–H groups in total. The van der Waals surface area contributed by atoms with E-state index in [9.17, 15) is 4.79 Å². The van der Waals surface area contributed by atoms with Crippen LogP contribution in [0.2, 0.25) is 0 Å². The molecule has 0 aromatic rings. The van der Waals surface area contributed by atoms with E-state index in [0.717, 1.165) is 11.8 Å². The van der Waals surface area contributed by atoms with Gasteiger partial charge in [0.25, 0.3) is 0 Å². The number of hydrogen-bond acceptors (Lipinski definition) is 1. The third-order valence-electron chi connectivity index (χ3n) is 4.17. The van der Waals surface area contributed by atoms with Crippen LogP contribution in [0.1, 0.15) is 53.4 Å². The van der Waals surface area contributed by atoms with Gasteiger partial charge >= 0.3 is 0 Å². The molecule has 1 saturated carbocycles. The third kappa shape index (κ3) is 4.61. The highest BCUT2D eigenvalue weighted by Gasteiger charge is 2.29. The van der Waals surface area contributed by atoms with Crippen molar-refractivity contribution in [3.8, 4) is 0 Å². The van der Waals surface area contributed by atoms with Crippen molar-refractivity contribution in [2.75, 3.05) is 5.33 Å². The summed E-state index contributed by atoms with van der Waals surface area (Å²) in [5.74, 6) is 1.28. The normalized spacial score (nSPS) is 26.9. The summed E-state index contributed by atoms with van der Waals surface area (Å²) in [6, 6.07) is 0.397. The molecule has 17 heavy (non-hydrogen) atoms. The van der Waals surface area contributed by atoms with Crippen molar-refractivity contribution < 1.29 is 4.79 Å². The van der Waals surface area contributed by atoms with E-state index < -0.39 is 0 Å². The topological polar surface area (TPSA) is 29.1 Å². The highest BCUT2D eigenvalue weighted by Crippen LogP contribution is 2.29. The maximum absolute atomic E-state index is 12.0. The first-order valence-corrected chi connectivity index (χ1v) is 7.82. The molecule has 3 atom stereocenters. The van der Waals surface area contributed by atoms with Gasteiger partial charge < -0.3 is 5.32 Å². The van der Waals surface area contributed by atoms with E-state index in [1.165, 1.54) is 12.8 Å². The minimum atomic E-state index is 0.210. The number of carbonyl (C=O) groups is 1. The van der Waals surface area contributed by atoms with Gasteiger partial charge in [0, 0.05) is 17.8 Å². The molecule has 0 aliphatic heterocycles. The molecule has 0 spiro atoms. The van der Waals surface area contributed by atoms with Crippen LogP contribution in [0.4, 0.5) is 0 Å². The number of amides is 1. The van der Waals surface area contributed by atoms with Gasteiger partial charge in [0.05, 0.1) is 0 Å². The van der Waals surface area contributed by atoms with Crippen molar-refractivity contribution in [3.63, 3.8) is 0 Å². The SMILES string of the molecule is CC(CC(=O)NC1CCCC1CBr)C(C)(C)C. The molecule has 0 bridgehead atoms. The Hall–Kier alpha value is -0.0500. The average molecular weight is 304 g/mol. The van der Waals surface area contributed by atoms with Crippen LogP contribution in [-0.2, 0) is 4.79 Å². The van der Waals surface area contributed by atoms with E-state index in [4.69, 9.17) is 0 Å². The van der Waals surface area contributed by atoms with Crippen LogP contribution in [0.5, 0.6) is 0 Å². The summed E-state index contributed by atoms with van der Waals surface area (Å²) < 4.78 is 0. The lowest BCUT2D eigenvalue weighted by Crippen LogP contribution is -2.39. The van der Waals surface area contributed by atoms with E-state index >= 15 is 0 Å². The summed E-state index contributed by atoms with van der Waals surface area (Å²) in [4.78, 5) is 12.0. The number of rotatable bonds is 4. The number of carbonyl (C=O) groups excluding carboxylic acids is 1. The molecule has 2 nitrogen and oxygen atoms in total. The summed E-state index contributed by atoms with van der Waals surface area (Å²) in [5.41, 5.74) is 0.210.